The van der Waals surface area contributed by atoms with E-state index in [2.05, 4.69) is 10.0 Å². The van der Waals surface area contributed by atoms with E-state index in [0.717, 1.165) is 22.5 Å². The summed E-state index contributed by atoms with van der Waals surface area (Å²) in [6, 6.07) is 8.84. The highest BCUT2D eigenvalue weighted by Gasteiger charge is 2.16. The third-order valence-electron chi connectivity index (χ3n) is 2.85. The summed E-state index contributed by atoms with van der Waals surface area (Å²) in [5, 5.41) is 4.38. The van der Waals surface area contributed by atoms with Gasteiger partial charge in [-0.25, -0.2) is 13.1 Å². The summed E-state index contributed by atoms with van der Waals surface area (Å²) in [6.45, 7) is 3.51. The fourth-order valence-electron chi connectivity index (χ4n) is 1.71. The van der Waals surface area contributed by atoms with Gasteiger partial charge in [-0.15, -0.1) is 11.3 Å². The van der Waals surface area contributed by atoms with Gasteiger partial charge in [-0.2, -0.15) is 0 Å². The van der Waals surface area contributed by atoms with Gasteiger partial charge in [0.1, 0.15) is 4.21 Å². The van der Waals surface area contributed by atoms with Crippen LogP contribution in [0.15, 0.2) is 39.9 Å². The van der Waals surface area contributed by atoms with Crippen LogP contribution in [-0.2, 0) is 14.8 Å². The Labute approximate surface area is 128 Å². The summed E-state index contributed by atoms with van der Waals surface area (Å²) < 4.78 is 26.3. The topological polar surface area (TPSA) is 75.3 Å². The number of benzene rings is 1. The van der Waals surface area contributed by atoms with Crippen molar-refractivity contribution in [2.24, 2.45) is 0 Å². The van der Waals surface area contributed by atoms with Crippen molar-refractivity contribution in [2.45, 2.75) is 18.1 Å². The molecule has 0 aliphatic heterocycles. The number of thiophene rings is 1. The van der Waals surface area contributed by atoms with E-state index in [1.54, 1.807) is 11.4 Å². The summed E-state index contributed by atoms with van der Waals surface area (Å²) in [6.07, 6.45) is 0. The highest BCUT2D eigenvalue weighted by atomic mass is 32.2. The molecule has 5 nitrogen and oxygen atoms in total. The van der Waals surface area contributed by atoms with E-state index in [-0.39, 0.29) is 10.8 Å². The Morgan fingerprint density at radius 1 is 1.24 bits per heavy atom. The Morgan fingerprint density at radius 2 is 2.00 bits per heavy atom. The van der Waals surface area contributed by atoms with Crippen molar-refractivity contribution in [3.05, 3.63) is 46.8 Å². The number of sulfonamides is 1. The maximum absolute atomic E-state index is 11.9. The van der Waals surface area contributed by atoms with Gasteiger partial charge in [0.2, 0.25) is 5.91 Å². The Kier molecular flexibility index (Phi) is 4.76. The lowest BCUT2D eigenvalue weighted by Gasteiger charge is -2.10. The summed E-state index contributed by atoms with van der Waals surface area (Å²) in [4.78, 5) is 11.9. The first-order valence-corrected chi connectivity index (χ1v) is 8.65. The van der Waals surface area contributed by atoms with Crippen LogP contribution in [0.3, 0.4) is 0 Å². The maximum Gasteiger partial charge on any atom is 0.250 e. The van der Waals surface area contributed by atoms with Gasteiger partial charge in [0, 0.05) is 5.69 Å². The lowest BCUT2D eigenvalue weighted by Crippen LogP contribution is -2.32. The van der Waals surface area contributed by atoms with Gasteiger partial charge in [0.15, 0.2) is 0 Å². The van der Waals surface area contributed by atoms with Crippen LogP contribution < -0.4 is 10.0 Å². The Hall–Kier alpha value is -1.70. The monoisotopic (exact) mass is 324 g/mol. The lowest BCUT2D eigenvalue weighted by molar-refractivity contribution is -0.115. The van der Waals surface area contributed by atoms with Crippen molar-refractivity contribution in [1.29, 1.82) is 0 Å². The molecule has 0 aliphatic carbocycles. The summed E-state index contributed by atoms with van der Waals surface area (Å²) in [7, 11) is -3.61. The van der Waals surface area contributed by atoms with Gasteiger partial charge in [-0.3, -0.25) is 4.79 Å². The second-order valence-corrected chi connectivity index (χ2v) is 7.56. The van der Waals surface area contributed by atoms with Crippen molar-refractivity contribution in [2.75, 3.05) is 11.9 Å². The predicted molar refractivity (Wildman–Crippen MR) is 84.1 cm³/mol. The Morgan fingerprint density at radius 3 is 2.67 bits per heavy atom. The largest absolute Gasteiger partial charge is 0.325 e. The molecule has 2 N–H and O–H groups in total. The molecule has 21 heavy (non-hydrogen) atoms. The van der Waals surface area contributed by atoms with E-state index in [1.165, 1.54) is 6.07 Å². The van der Waals surface area contributed by atoms with Crippen LogP contribution in [0.25, 0.3) is 0 Å². The fourth-order valence-corrected chi connectivity index (χ4v) is 3.73. The van der Waals surface area contributed by atoms with E-state index in [1.807, 2.05) is 32.0 Å². The van der Waals surface area contributed by atoms with Crippen LogP contribution in [-0.4, -0.2) is 20.9 Å². The molecule has 0 spiro atoms. The van der Waals surface area contributed by atoms with Gasteiger partial charge >= 0.3 is 0 Å². The molecule has 0 radical (unpaired) electrons. The Balaban J connectivity index is 1.98. The van der Waals surface area contributed by atoms with Crippen molar-refractivity contribution >= 4 is 33.0 Å². The lowest BCUT2D eigenvalue weighted by atomic mass is 10.1. The average molecular weight is 324 g/mol. The van der Waals surface area contributed by atoms with E-state index in [4.69, 9.17) is 0 Å². The number of carbonyl (C=O) groups is 1. The minimum absolute atomic E-state index is 0.196. The van der Waals surface area contributed by atoms with Crippen LogP contribution in [0.2, 0.25) is 0 Å². The molecule has 0 fully saturated rings. The molecule has 7 heteroatoms. The SMILES string of the molecule is Cc1ccc(C)c(NC(=O)CNS(=O)(=O)c2cccs2)c1. The van der Waals surface area contributed by atoms with Crippen molar-refractivity contribution in [1.82, 2.24) is 4.72 Å². The predicted octanol–water partition coefficient (Wildman–Crippen LogP) is 2.28. The van der Waals surface area contributed by atoms with Crippen LogP contribution in [0, 0.1) is 13.8 Å². The molecule has 0 unspecified atom stereocenters. The number of aryl methyl sites for hydroxylation is 2. The molecule has 1 aromatic heterocycles. The quantitative estimate of drug-likeness (QED) is 0.886. The third kappa shape index (κ3) is 4.13. The zero-order chi connectivity index (χ0) is 15.5. The molecule has 1 aromatic carbocycles. The first-order chi connectivity index (χ1) is 9.88. The molecule has 112 valence electrons. The van der Waals surface area contributed by atoms with Crippen molar-refractivity contribution < 1.29 is 13.2 Å². The van der Waals surface area contributed by atoms with Gasteiger partial charge in [-0.05, 0) is 42.5 Å². The smallest absolute Gasteiger partial charge is 0.250 e. The highest BCUT2D eigenvalue weighted by molar-refractivity contribution is 7.91. The van der Waals surface area contributed by atoms with Crippen molar-refractivity contribution in [3.63, 3.8) is 0 Å². The minimum Gasteiger partial charge on any atom is -0.325 e. The van der Waals surface area contributed by atoms with E-state index < -0.39 is 15.9 Å². The van der Waals surface area contributed by atoms with E-state index in [9.17, 15) is 13.2 Å². The first-order valence-electron chi connectivity index (χ1n) is 6.29. The summed E-state index contributed by atoms with van der Waals surface area (Å²) in [5.74, 6) is -0.399. The third-order valence-corrected chi connectivity index (χ3v) is 5.65. The fraction of sp³-hybridized carbons (Fsp3) is 0.214. The molecule has 1 amide bonds. The molecular weight excluding hydrogens is 308 g/mol. The molecule has 0 bridgehead atoms. The molecule has 0 atom stereocenters. The average Bonchev–Trinajstić information content (AvgIpc) is 2.96. The van der Waals surface area contributed by atoms with Gasteiger partial charge in [0.05, 0.1) is 6.54 Å². The van der Waals surface area contributed by atoms with Gasteiger partial charge in [0.25, 0.3) is 10.0 Å². The van der Waals surface area contributed by atoms with E-state index >= 15 is 0 Å². The van der Waals surface area contributed by atoms with Crippen LogP contribution >= 0.6 is 11.3 Å². The number of anilines is 1. The number of nitrogens with one attached hydrogen (secondary N) is 2. The molecule has 1 heterocycles. The maximum atomic E-state index is 11.9. The number of hydrogen-bond acceptors (Lipinski definition) is 4. The number of hydrogen-bond donors (Lipinski definition) is 2. The molecule has 2 rings (SSSR count). The number of carbonyl (C=O) groups excluding carboxylic acids is 1. The molecule has 0 saturated heterocycles. The van der Waals surface area contributed by atoms with Crippen molar-refractivity contribution in [3.8, 4) is 0 Å². The van der Waals surface area contributed by atoms with Gasteiger partial charge in [-0.1, -0.05) is 18.2 Å². The van der Waals surface area contributed by atoms with Crippen LogP contribution in [0.5, 0.6) is 0 Å². The standard InChI is InChI=1S/C14H16N2O3S2/c1-10-5-6-11(2)12(8-10)16-13(17)9-15-21(18,19)14-4-3-7-20-14/h3-8,15H,9H2,1-2H3,(H,16,17). The normalized spacial score (nSPS) is 11.3. The first kappa shape index (κ1) is 15.7. The summed E-state index contributed by atoms with van der Waals surface area (Å²) >= 11 is 1.11. The second kappa shape index (κ2) is 6.38. The highest BCUT2D eigenvalue weighted by Crippen LogP contribution is 2.17. The zero-order valence-electron chi connectivity index (χ0n) is 11.7. The zero-order valence-corrected chi connectivity index (χ0v) is 13.3. The van der Waals surface area contributed by atoms with Crippen LogP contribution in [0.1, 0.15) is 11.1 Å². The molecule has 2 aromatic rings. The minimum atomic E-state index is -3.61. The number of rotatable bonds is 5. The molecule has 0 aliphatic rings. The molecular formula is C14H16N2O3S2. The molecule has 0 saturated carbocycles. The van der Waals surface area contributed by atoms with Crippen LogP contribution in [0.4, 0.5) is 5.69 Å². The van der Waals surface area contributed by atoms with Gasteiger partial charge < -0.3 is 5.32 Å². The number of amides is 1. The van der Waals surface area contributed by atoms with E-state index in [0.29, 0.717) is 5.69 Å². The summed E-state index contributed by atoms with van der Waals surface area (Å²) in [5.41, 5.74) is 2.64. The Bertz CT molecular complexity index is 738. The second-order valence-electron chi connectivity index (χ2n) is 4.62.